The Hall–Kier alpha value is -1.21. The van der Waals surface area contributed by atoms with E-state index in [1.54, 1.807) is 7.11 Å². The molecule has 0 radical (unpaired) electrons. The van der Waals surface area contributed by atoms with Gasteiger partial charge in [-0.15, -0.1) is 0 Å². The summed E-state index contributed by atoms with van der Waals surface area (Å²) in [4.78, 5) is 10.6. The molecule has 55 heavy (non-hydrogen) atoms. The van der Waals surface area contributed by atoms with Crippen LogP contribution in [0.15, 0.2) is 0 Å². The molecule has 0 aliphatic heterocycles. The fraction of sp³-hybridized carbons (Fsp3) is 0.972. The minimum absolute atomic E-state index is 0.216. The first-order valence-corrected chi connectivity index (χ1v) is 19.3. The molecule has 1 amide bonds. The minimum Gasteiger partial charge on any atom is -0.382 e. The molecule has 0 aromatic carbocycles. The summed E-state index contributed by atoms with van der Waals surface area (Å²) in [5.74, 6) is -0.377. The van der Waals surface area contributed by atoms with Crippen molar-refractivity contribution in [3.05, 3.63) is 0 Å². The Balaban J connectivity index is 3.06. The highest BCUT2D eigenvalue weighted by molar-refractivity contribution is 5.73. The van der Waals surface area contributed by atoms with Gasteiger partial charge in [0.05, 0.1) is 218 Å². The summed E-state index contributed by atoms with van der Waals surface area (Å²) in [6, 6.07) is 0. The number of hydrogen-bond acceptors (Lipinski definition) is 18. The number of nitrogens with two attached hydrogens (primary N) is 1. The van der Waals surface area contributed by atoms with E-state index < -0.39 is 0 Å². The second-order valence-corrected chi connectivity index (χ2v) is 11.0. The molecule has 0 aromatic heterocycles. The normalized spacial score (nSPS) is 11.6. The van der Waals surface area contributed by atoms with E-state index in [9.17, 15) is 4.79 Å². The van der Waals surface area contributed by atoms with Crippen molar-refractivity contribution in [1.82, 2.24) is 0 Å². The molecule has 0 unspecified atom stereocenters. The van der Waals surface area contributed by atoms with Gasteiger partial charge in [0.2, 0.25) is 5.91 Å². The van der Waals surface area contributed by atoms with Crippen LogP contribution in [0, 0.1) is 0 Å². The zero-order valence-electron chi connectivity index (χ0n) is 33.5. The van der Waals surface area contributed by atoms with Crippen molar-refractivity contribution in [2.24, 2.45) is 5.73 Å². The van der Waals surface area contributed by atoms with Crippen molar-refractivity contribution < 1.29 is 85.3 Å². The molecule has 19 heteroatoms. The van der Waals surface area contributed by atoms with Crippen LogP contribution in [0.4, 0.5) is 0 Å². The van der Waals surface area contributed by atoms with Crippen LogP contribution in [0.25, 0.3) is 0 Å². The maximum absolute atomic E-state index is 10.6. The van der Waals surface area contributed by atoms with Gasteiger partial charge in [-0.25, -0.2) is 0 Å². The van der Waals surface area contributed by atoms with Crippen molar-refractivity contribution in [1.29, 1.82) is 0 Å². The predicted octanol–water partition coefficient (Wildman–Crippen LogP) is -0.226. The maximum atomic E-state index is 10.6. The fourth-order valence-corrected chi connectivity index (χ4v) is 3.72. The van der Waals surface area contributed by atoms with Crippen molar-refractivity contribution in [3.63, 3.8) is 0 Å². The van der Waals surface area contributed by atoms with Gasteiger partial charge in [-0.3, -0.25) is 4.79 Å². The zero-order valence-corrected chi connectivity index (χ0v) is 33.5. The molecule has 0 rings (SSSR count). The second-order valence-electron chi connectivity index (χ2n) is 11.0. The molecule has 0 spiro atoms. The lowest BCUT2D eigenvalue weighted by atomic mass is 10.4. The van der Waals surface area contributed by atoms with Crippen molar-refractivity contribution in [2.75, 3.05) is 225 Å². The molecule has 0 heterocycles. The Morgan fingerprint density at radius 1 is 0.255 bits per heavy atom. The van der Waals surface area contributed by atoms with Crippen LogP contribution >= 0.6 is 0 Å². The van der Waals surface area contributed by atoms with Gasteiger partial charge < -0.3 is 86.3 Å². The summed E-state index contributed by atoms with van der Waals surface area (Å²) >= 11 is 0. The summed E-state index contributed by atoms with van der Waals surface area (Å²) in [5, 5.41) is 0. The van der Waals surface area contributed by atoms with Crippen molar-refractivity contribution in [3.8, 4) is 0 Å². The van der Waals surface area contributed by atoms with E-state index in [-0.39, 0.29) is 12.3 Å². The van der Waals surface area contributed by atoms with E-state index in [0.717, 1.165) is 0 Å². The van der Waals surface area contributed by atoms with Gasteiger partial charge in [0.15, 0.2) is 0 Å². The number of carbonyl (C=O) groups is 1. The first kappa shape index (κ1) is 53.8. The topological polar surface area (TPSA) is 200 Å². The summed E-state index contributed by atoms with van der Waals surface area (Å²) in [5.41, 5.74) is 5.02. The number of carbonyl (C=O) groups excluding carboxylic acids is 1. The molecule has 0 bridgehead atoms. The molecule has 0 saturated heterocycles. The van der Waals surface area contributed by atoms with Gasteiger partial charge in [0, 0.05) is 13.5 Å². The summed E-state index contributed by atoms with van der Waals surface area (Å²) in [6.45, 7) is 16.3. The molecular weight excluding hydrogens is 734 g/mol. The number of amides is 1. The van der Waals surface area contributed by atoms with Gasteiger partial charge in [-0.05, 0) is 0 Å². The Bertz CT molecular complexity index is 718. The van der Waals surface area contributed by atoms with Gasteiger partial charge in [0.25, 0.3) is 0 Å². The quantitative estimate of drug-likeness (QED) is 0.0790. The SMILES string of the molecule is COCCOCCOCCOCCOCCOCCOCCOCCOCCOCCOCCOCCOCCOCCOCCOCCOCCC(N)=O. The summed E-state index contributed by atoms with van der Waals surface area (Å²) in [6.07, 6.45) is 0.216. The van der Waals surface area contributed by atoms with E-state index in [0.29, 0.717) is 218 Å². The van der Waals surface area contributed by atoms with Gasteiger partial charge in [-0.2, -0.15) is 0 Å². The average Bonchev–Trinajstić information content (AvgIpc) is 3.18. The average molecular weight is 808 g/mol. The van der Waals surface area contributed by atoms with Crippen LogP contribution < -0.4 is 5.73 Å². The van der Waals surface area contributed by atoms with E-state index >= 15 is 0 Å². The Labute approximate surface area is 328 Å². The van der Waals surface area contributed by atoms with Crippen molar-refractivity contribution >= 4 is 5.91 Å². The molecule has 0 aromatic rings. The van der Waals surface area contributed by atoms with Crippen LogP contribution in [0.2, 0.25) is 0 Å². The highest BCUT2D eigenvalue weighted by Crippen LogP contribution is 1.89. The maximum Gasteiger partial charge on any atom is 0.219 e. The Kier molecular flexibility index (Phi) is 49.7. The fourth-order valence-electron chi connectivity index (χ4n) is 3.72. The molecule has 2 N–H and O–H groups in total. The zero-order chi connectivity index (χ0) is 39.6. The molecule has 0 saturated carbocycles. The first-order chi connectivity index (χ1) is 27.3. The number of hydrogen-bond donors (Lipinski definition) is 1. The third kappa shape index (κ3) is 52.8. The highest BCUT2D eigenvalue weighted by Gasteiger charge is 1.98. The molecule has 330 valence electrons. The number of primary amides is 1. The summed E-state index contributed by atoms with van der Waals surface area (Å²) < 4.78 is 91.8. The lowest BCUT2D eigenvalue weighted by Crippen LogP contribution is -2.16. The third-order valence-electron chi connectivity index (χ3n) is 6.50. The first-order valence-electron chi connectivity index (χ1n) is 19.3. The van der Waals surface area contributed by atoms with E-state index in [4.69, 9.17) is 86.3 Å². The van der Waals surface area contributed by atoms with Crippen LogP contribution in [-0.4, -0.2) is 231 Å². The molecular formula is C36H73NO18. The third-order valence-corrected chi connectivity index (χ3v) is 6.50. The van der Waals surface area contributed by atoms with Crippen LogP contribution in [-0.2, 0) is 85.3 Å². The lowest BCUT2D eigenvalue weighted by Gasteiger charge is -2.09. The smallest absolute Gasteiger partial charge is 0.219 e. The van der Waals surface area contributed by atoms with Crippen LogP contribution in [0.1, 0.15) is 6.42 Å². The van der Waals surface area contributed by atoms with Gasteiger partial charge in [0.1, 0.15) is 0 Å². The number of ether oxygens (including phenoxy) is 17. The number of rotatable bonds is 51. The standard InChI is InChI=1S/C36H73NO18/c1-39-4-5-41-8-9-43-12-13-45-16-17-47-20-21-49-24-25-51-28-29-53-32-33-55-35-34-54-31-30-52-27-26-50-23-22-48-19-18-46-15-14-44-11-10-42-7-6-40-3-2-36(37)38/h2-35H2,1H3,(H2,37,38). The predicted molar refractivity (Wildman–Crippen MR) is 199 cm³/mol. The molecule has 0 atom stereocenters. The molecule has 0 aliphatic carbocycles. The molecule has 0 aliphatic rings. The summed E-state index contributed by atoms with van der Waals surface area (Å²) in [7, 11) is 1.64. The monoisotopic (exact) mass is 807 g/mol. The lowest BCUT2D eigenvalue weighted by molar-refractivity contribution is -0.119. The van der Waals surface area contributed by atoms with E-state index in [1.165, 1.54) is 0 Å². The van der Waals surface area contributed by atoms with Crippen LogP contribution in [0.3, 0.4) is 0 Å². The molecule has 19 nitrogen and oxygen atoms in total. The second kappa shape index (κ2) is 50.8. The van der Waals surface area contributed by atoms with E-state index in [1.807, 2.05) is 0 Å². The van der Waals surface area contributed by atoms with Crippen LogP contribution in [0.5, 0.6) is 0 Å². The van der Waals surface area contributed by atoms with E-state index in [2.05, 4.69) is 0 Å². The van der Waals surface area contributed by atoms with Crippen molar-refractivity contribution in [2.45, 2.75) is 6.42 Å². The Morgan fingerprint density at radius 3 is 0.509 bits per heavy atom. The largest absolute Gasteiger partial charge is 0.382 e. The highest BCUT2D eigenvalue weighted by atomic mass is 16.6. The molecule has 0 fully saturated rings. The minimum atomic E-state index is -0.377. The van der Waals surface area contributed by atoms with Gasteiger partial charge >= 0.3 is 0 Å². The Morgan fingerprint density at radius 2 is 0.382 bits per heavy atom. The van der Waals surface area contributed by atoms with Gasteiger partial charge in [-0.1, -0.05) is 0 Å². The number of methoxy groups -OCH3 is 1.